The van der Waals surface area contributed by atoms with Crippen molar-refractivity contribution in [2.45, 2.75) is 51.5 Å². The van der Waals surface area contributed by atoms with Gasteiger partial charge in [0, 0.05) is 46.7 Å². The molecule has 3 heterocycles. The number of rotatable bonds is 7. The molecule has 2 aromatic heterocycles. The molecule has 0 aliphatic carbocycles. The average Bonchev–Trinajstić information content (AvgIpc) is 3.32. The number of aromatic nitrogens is 3. The first kappa shape index (κ1) is 24.5. The third-order valence-corrected chi connectivity index (χ3v) is 7.54. The summed E-state index contributed by atoms with van der Waals surface area (Å²) in [6, 6.07) is 8.59. The minimum Gasteiger partial charge on any atom is -0.383 e. The van der Waals surface area contributed by atoms with E-state index in [1.807, 2.05) is 23.0 Å². The van der Waals surface area contributed by atoms with Gasteiger partial charge in [0.2, 0.25) is 0 Å². The molecule has 1 unspecified atom stereocenters. The molecule has 0 spiro atoms. The van der Waals surface area contributed by atoms with Crippen molar-refractivity contribution in [1.29, 1.82) is 5.26 Å². The number of nitrogens with two attached hydrogens (primary N) is 1. The molecule has 4 rings (SSSR count). The highest BCUT2D eigenvalue weighted by atomic mass is 35.5. The number of nitrogen functional groups attached to an aromatic ring is 1. The van der Waals surface area contributed by atoms with Crippen molar-refractivity contribution >= 4 is 29.0 Å². The predicted molar refractivity (Wildman–Crippen MR) is 138 cm³/mol. The molecule has 1 fully saturated rings. The van der Waals surface area contributed by atoms with E-state index < -0.39 is 0 Å². The van der Waals surface area contributed by atoms with Crippen LogP contribution in [0.4, 0.5) is 5.82 Å². The molecule has 0 amide bonds. The van der Waals surface area contributed by atoms with Crippen LogP contribution in [0.2, 0.25) is 10.0 Å². The highest BCUT2D eigenvalue weighted by Gasteiger charge is 2.22. The molecule has 0 bridgehead atoms. The number of likely N-dealkylation sites (tertiary alicyclic amines) is 1. The highest BCUT2D eigenvalue weighted by Crippen LogP contribution is 2.37. The van der Waals surface area contributed by atoms with Gasteiger partial charge in [-0.1, -0.05) is 43.1 Å². The summed E-state index contributed by atoms with van der Waals surface area (Å²) in [5.74, 6) is 0.610. The summed E-state index contributed by atoms with van der Waals surface area (Å²) in [6.07, 6.45) is 9.30. The van der Waals surface area contributed by atoms with Gasteiger partial charge in [-0.15, -0.1) is 0 Å². The van der Waals surface area contributed by atoms with Crippen molar-refractivity contribution in [3.05, 3.63) is 63.5 Å². The number of anilines is 1. The molecule has 1 aliphatic heterocycles. The number of hydrogen-bond acceptors (Lipinski definition) is 5. The van der Waals surface area contributed by atoms with Gasteiger partial charge in [0.15, 0.2) is 0 Å². The Hall–Kier alpha value is -2.59. The van der Waals surface area contributed by atoms with Gasteiger partial charge in [-0.05, 0) is 60.4 Å². The minimum absolute atomic E-state index is 0.0900. The van der Waals surface area contributed by atoms with E-state index >= 15 is 0 Å². The number of pyridine rings is 1. The molecule has 3 aromatic rings. The van der Waals surface area contributed by atoms with Crippen molar-refractivity contribution in [3.8, 4) is 17.2 Å². The number of nitrogens with zero attached hydrogens (tertiary/aromatic N) is 5. The first-order valence-corrected chi connectivity index (χ1v) is 12.5. The normalized spacial score (nSPS) is 15.9. The van der Waals surface area contributed by atoms with E-state index in [4.69, 9.17) is 34.2 Å². The zero-order valence-corrected chi connectivity index (χ0v) is 21.1. The largest absolute Gasteiger partial charge is 0.383 e. The summed E-state index contributed by atoms with van der Waals surface area (Å²) in [4.78, 5) is 6.66. The smallest absolute Gasteiger partial charge is 0.126 e. The Morgan fingerprint density at radius 3 is 2.65 bits per heavy atom. The quantitative estimate of drug-likeness (QED) is 0.411. The maximum absolute atomic E-state index is 8.91. The Kier molecular flexibility index (Phi) is 7.77. The van der Waals surface area contributed by atoms with Crippen LogP contribution in [0.15, 0.2) is 36.8 Å². The van der Waals surface area contributed by atoms with Crippen molar-refractivity contribution in [2.75, 3.05) is 25.4 Å². The summed E-state index contributed by atoms with van der Waals surface area (Å²) >= 11 is 13.2. The lowest BCUT2D eigenvalue weighted by Gasteiger charge is -2.30. The summed E-state index contributed by atoms with van der Waals surface area (Å²) in [6.45, 7) is 6.54. The van der Waals surface area contributed by atoms with E-state index in [1.54, 1.807) is 6.20 Å². The maximum Gasteiger partial charge on any atom is 0.126 e. The zero-order chi connectivity index (χ0) is 24.2. The first-order valence-electron chi connectivity index (χ1n) is 11.8. The fraction of sp³-hybridized carbons (Fsp3) is 0.423. The molecular weight excluding hydrogens is 467 g/mol. The molecule has 34 heavy (non-hydrogen) atoms. The molecule has 1 aromatic carbocycles. The van der Waals surface area contributed by atoms with Crippen molar-refractivity contribution < 1.29 is 0 Å². The van der Waals surface area contributed by atoms with Gasteiger partial charge in [0.05, 0.1) is 24.9 Å². The van der Waals surface area contributed by atoms with Gasteiger partial charge < -0.3 is 5.73 Å². The second-order valence-electron chi connectivity index (χ2n) is 9.04. The first-order chi connectivity index (χ1) is 16.4. The topological polar surface area (TPSA) is 83.8 Å². The fourth-order valence-electron chi connectivity index (χ4n) is 4.74. The number of aryl methyl sites for hydroxylation is 1. The van der Waals surface area contributed by atoms with Crippen molar-refractivity contribution in [3.63, 3.8) is 0 Å². The van der Waals surface area contributed by atoms with Gasteiger partial charge in [-0.2, -0.15) is 10.4 Å². The molecule has 0 saturated carbocycles. The van der Waals surface area contributed by atoms with Crippen LogP contribution in [-0.4, -0.2) is 39.3 Å². The third kappa shape index (κ3) is 5.22. The number of benzene rings is 1. The molecule has 178 valence electrons. The zero-order valence-electron chi connectivity index (χ0n) is 19.6. The van der Waals surface area contributed by atoms with E-state index in [0.717, 1.165) is 65.2 Å². The van der Waals surface area contributed by atoms with Crippen molar-refractivity contribution in [1.82, 2.24) is 19.7 Å². The van der Waals surface area contributed by atoms with Crippen LogP contribution in [0.1, 0.15) is 55.3 Å². The monoisotopic (exact) mass is 496 g/mol. The Balaban J connectivity index is 1.52. The predicted octanol–water partition coefficient (Wildman–Crippen LogP) is 5.90. The molecule has 2 N–H and O–H groups in total. The lowest BCUT2D eigenvalue weighted by Crippen LogP contribution is -2.34. The molecule has 0 radical (unpaired) electrons. The van der Waals surface area contributed by atoms with Crippen molar-refractivity contribution in [2.24, 2.45) is 0 Å². The van der Waals surface area contributed by atoms with E-state index in [-0.39, 0.29) is 5.92 Å². The molecule has 1 atom stereocenters. The summed E-state index contributed by atoms with van der Waals surface area (Å²) < 4.78 is 2.05. The van der Waals surface area contributed by atoms with E-state index in [0.29, 0.717) is 29.8 Å². The molecule has 1 aliphatic rings. The van der Waals surface area contributed by atoms with E-state index in [1.165, 1.54) is 0 Å². The van der Waals surface area contributed by atoms with Crippen LogP contribution in [0.25, 0.3) is 11.1 Å². The fourth-order valence-corrected chi connectivity index (χ4v) is 5.62. The molecule has 1 saturated heterocycles. The number of halogens is 2. The van der Waals surface area contributed by atoms with Crippen LogP contribution in [0.5, 0.6) is 0 Å². The van der Waals surface area contributed by atoms with Crippen LogP contribution in [0.3, 0.4) is 0 Å². The van der Waals surface area contributed by atoms with E-state index in [9.17, 15) is 0 Å². The summed E-state index contributed by atoms with van der Waals surface area (Å²) in [7, 11) is 0. The number of nitriles is 1. The lowest BCUT2D eigenvalue weighted by atomic mass is 9.91. The second kappa shape index (κ2) is 10.8. The maximum atomic E-state index is 8.91. The Morgan fingerprint density at radius 1 is 1.18 bits per heavy atom. The standard InChI is InChI=1S/C26H30Cl2N6/c1-3-18-4-5-23(27)24(25(18)28)17(2)12-19-13-20(14-31-26(19)30)21-15-32-34(16-21)22-6-9-33(10-7-22)11-8-29/h4-5,13-17,22H,3,6-7,9-12H2,1-2H3,(H2,30,31). The minimum atomic E-state index is 0.0900. The average molecular weight is 497 g/mol. The number of piperidine rings is 1. The summed E-state index contributed by atoms with van der Waals surface area (Å²) in [5.41, 5.74) is 11.3. The third-order valence-electron chi connectivity index (χ3n) is 6.77. The van der Waals surface area contributed by atoms with Gasteiger partial charge in [0.1, 0.15) is 5.82 Å². The van der Waals surface area contributed by atoms with Gasteiger partial charge >= 0.3 is 0 Å². The van der Waals surface area contributed by atoms with Crippen LogP contribution in [-0.2, 0) is 12.8 Å². The molecular formula is C26H30Cl2N6. The van der Waals surface area contributed by atoms with Crippen LogP contribution >= 0.6 is 23.2 Å². The highest BCUT2D eigenvalue weighted by molar-refractivity contribution is 6.36. The van der Waals surface area contributed by atoms with Crippen LogP contribution < -0.4 is 5.73 Å². The summed E-state index contributed by atoms with van der Waals surface area (Å²) in [5, 5.41) is 15.0. The SMILES string of the molecule is CCc1ccc(Cl)c(C(C)Cc2cc(-c3cnn(C4CCN(CC#N)CC4)c3)cnc2N)c1Cl. The molecule has 8 heteroatoms. The van der Waals surface area contributed by atoms with Gasteiger partial charge in [0.25, 0.3) is 0 Å². The Labute approximate surface area is 211 Å². The van der Waals surface area contributed by atoms with E-state index in [2.05, 4.69) is 47.2 Å². The Morgan fingerprint density at radius 2 is 1.94 bits per heavy atom. The molecule has 6 nitrogen and oxygen atoms in total. The number of hydrogen-bond donors (Lipinski definition) is 1. The Bertz CT molecular complexity index is 1190. The van der Waals surface area contributed by atoms with Gasteiger partial charge in [-0.3, -0.25) is 9.58 Å². The lowest BCUT2D eigenvalue weighted by molar-refractivity contribution is 0.197. The van der Waals surface area contributed by atoms with Crippen LogP contribution in [0, 0.1) is 11.3 Å². The van der Waals surface area contributed by atoms with Gasteiger partial charge in [-0.25, -0.2) is 4.98 Å². The second-order valence-corrected chi connectivity index (χ2v) is 9.82.